The minimum absolute atomic E-state index is 0.0549. The topological polar surface area (TPSA) is 165 Å². The van der Waals surface area contributed by atoms with Crippen molar-refractivity contribution in [2.75, 3.05) is 13.2 Å². The van der Waals surface area contributed by atoms with Crippen molar-refractivity contribution in [1.82, 2.24) is 30.5 Å². The number of alkyl carbamates (subject to hydrolysis) is 1. The second kappa shape index (κ2) is 15.8. The Kier molecular flexibility index (Phi) is 11.3. The molecule has 14 heteroatoms. The van der Waals surface area contributed by atoms with E-state index in [4.69, 9.17) is 31.3 Å². The molecule has 0 bridgehead atoms. The predicted molar refractivity (Wildman–Crippen MR) is 198 cm³/mol. The van der Waals surface area contributed by atoms with Gasteiger partial charge < -0.3 is 30.1 Å². The van der Waals surface area contributed by atoms with Crippen LogP contribution >= 0.6 is 11.6 Å². The summed E-state index contributed by atoms with van der Waals surface area (Å²) in [6.45, 7) is 7.73. The van der Waals surface area contributed by atoms with Gasteiger partial charge in [-0.1, -0.05) is 55.8 Å². The van der Waals surface area contributed by atoms with E-state index in [1.165, 1.54) is 9.70 Å². The maximum absolute atomic E-state index is 14.5. The van der Waals surface area contributed by atoms with Crippen LogP contribution in [0.25, 0.3) is 22.5 Å². The van der Waals surface area contributed by atoms with Crippen LogP contribution in [-0.4, -0.2) is 85.3 Å². The number of aromatic nitrogens is 3. The zero-order valence-electron chi connectivity index (χ0n) is 30.8. The monoisotopic (exact) mass is 748 g/mol. The van der Waals surface area contributed by atoms with Gasteiger partial charge in [0.05, 0.1) is 12.6 Å². The molecule has 3 aliphatic rings. The fraction of sp³-hybridized carbons (Fsp3) is 0.538. The van der Waals surface area contributed by atoms with E-state index in [-0.39, 0.29) is 18.9 Å². The lowest BCUT2D eigenvalue weighted by Crippen LogP contribution is -2.56. The number of carbonyl (C=O) groups excluding carboxylic acids is 3. The van der Waals surface area contributed by atoms with Gasteiger partial charge in [0.15, 0.2) is 0 Å². The van der Waals surface area contributed by atoms with Gasteiger partial charge in [-0.15, -0.1) is 0 Å². The second-order valence-corrected chi connectivity index (χ2v) is 15.7. The lowest BCUT2D eigenvalue weighted by Gasteiger charge is -2.30. The van der Waals surface area contributed by atoms with Gasteiger partial charge in [0, 0.05) is 29.1 Å². The Morgan fingerprint density at radius 3 is 2.34 bits per heavy atom. The molecule has 0 radical (unpaired) electrons. The number of carboxylic acids is 1. The van der Waals surface area contributed by atoms with Crippen molar-refractivity contribution in [2.24, 2.45) is 5.92 Å². The highest BCUT2D eigenvalue weighted by molar-refractivity contribution is 6.30. The van der Waals surface area contributed by atoms with E-state index >= 15 is 0 Å². The Balaban J connectivity index is 1.37. The average molecular weight is 749 g/mol. The first-order chi connectivity index (χ1) is 25.3. The van der Waals surface area contributed by atoms with Crippen LogP contribution in [0.4, 0.5) is 4.79 Å². The predicted octanol–water partition coefficient (Wildman–Crippen LogP) is 6.40. The Labute approximate surface area is 314 Å². The number of halogens is 1. The van der Waals surface area contributed by atoms with E-state index in [1.54, 1.807) is 32.9 Å². The number of amides is 3. The minimum Gasteiger partial charge on any atom is -0.494 e. The first-order valence-corrected chi connectivity index (χ1v) is 19.0. The van der Waals surface area contributed by atoms with Gasteiger partial charge in [-0.3, -0.25) is 9.59 Å². The third-order valence-corrected chi connectivity index (χ3v) is 10.5. The smallest absolute Gasteiger partial charge is 0.408 e. The zero-order chi connectivity index (χ0) is 37.9. The molecule has 3 aromatic rings. The van der Waals surface area contributed by atoms with Crippen LogP contribution in [0.5, 0.6) is 5.75 Å². The molecule has 13 nitrogen and oxygen atoms in total. The lowest BCUT2D eigenvalue weighted by atomic mass is 10.0. The summed E-state index contributed by atoms with van der Waals surface area (Å²) >= 11 is 6.40. The minimum atomic E-state index is -1.37. The van der Waals surface area contributed by atoms with Crippen LogP contribution in [0.15, 0.2) is 48.5 Å². The summed E-state index contributed by atoms with van der Waals surface area (Å²) in [5, 5.41) is 26.3. The summed E-state index contributed by atoms with van der Waals surface area (Å²) < 4.78 is 11.2. The lowest BCUT2D eigenvalue weighted by molar-refractivity contribution is -0.146. The summed E-state index contributed by atoms with van der Waals surface area (Å²) in [5.74, 6) is -1.53. The van der Waals surface area contributed by atoms with Crippen LogP contribution in [-0.2, 0) is 19.1 Å². The molecule has 3 heterocycles. The highest BCUT2D eigenvalue weighted by Crippen LogP contribution is 2.48. The Morgan fingerprint density at radius 1 is 1.00 bits per heavy atom. The largest absolute Gasteiger partial charge is 0.494 e. The second-order valence-electron chi connectivity index (χ2n) is 15.3. The molecule has 0 unspecified atom stereocenters. The van der Waals surface area contributed by atoms with Crippen LogP contribution in [0.2, 0.25) is 5.02 Å². The van der Waals surface area contributed by atoms with Gasteiger partial charge >= 0.3 is 12.1 Å². The Bertz CT molecular complexity index is 1820. The molecule has 1 aromatic heterocycles. The van der Waals surface area contributed by atoms with Crippen molar-refractivity contribution in [3.8, 4) is 28.3 Å². The normalized spacial score (nSPS) is 25.3. The van der Waals surface area contributed by atoms with Gasteiger partial charge in [0.25, 0.3) is 0 Å². The molecule has 3 fully saturated rings. The molecule has 5 atom stereocenters. The number of fused-ring (bicyclic) bond motifs is 2. The maximum Gasteiger partial charge on any atom is 0.408 e. The molecule has 2 saturated heterocycles. The number of nitrogens with zero attached hydrogens (tertiary/aromatic N) is 4. The SMILES string of the molecule is CCOc1ccc(-c2nn([C@H]3C[C@H]4C(=O)N[C@@]5(C(=O)O)C[C@H]5CCCCCCC[C@@H](NC(=O)OC(C)(C)C)C(=O)N4C3)nc2-c2cccc(Cl)c2)cc1. The van der Waals surface area contributed by atoms with Crippen molar-refractivity contribution >= 4 is 35.5 Å². The first kappa shape index (κ1) is 38.1. The van der Waals surface area contributed by atoms with Gasteiger partial charge in [-0.05, 0) is 89.3 Å². The number of hydrogen-bond acceptors (Lipinski definition) is 8. The highest BCUT2D eigenvalue weighted by atomic mass is 35.5. The fourth-order valence-corrected chi connectivity index (χ4v) is 7.68. The Morgan fingerprint density at radius 2 is 1.68 bits per heavy atom. The van der Waals surface area contributed by atoms with Gasteiger partial charge in [-0.25, -0.2) is 9.59 Å². The summed E-state index contributed by atoms with van der Waals surface area (Å²) in [6, 6.07) is 12.2. The third kappa shape index (κ3) is 8.77. The van der Waals surface area contributed by atoms with E-state index in [9.17, 15) is 24.3 Å². The Hall–Kier alpha value is -4.65. The van der Waals surface area contributed by atoms with Crippen LogP contribution < -0.4 is 15.4 Å². The van der Waals surface area contributed by atoms with Gasteiger partial charge in [-0.2, -0.15) is 15.0 Å². The van der Waals surface area contributed by atoms with Gasteiger partial charge in [0.2, 0.25) is 11.8 Å². The molecule has 1 aliphatic carbocycles. The van der Waals surface area contributed by atoms with E-state index in [0.29, 0.717) is 54.5 Å². The molecule has 0 spiro atoms. The fourth-order valence-electron chi connectivity index (χ4n) is 7.49. The summed E-state index contributed by atoms with van der Waals surface area (Å²) in [7, 11) is 0. The summed E-state index contributed by atoms with van der Waals surface area (Å²) in [4.78, 5) is 57.3. The molecule has 3 amide bonds. The average Bonchev–Trinajstić information content (AvgIpc) is 3.40. The molecule has 2 aliphatic heterocycles. The number of carbonyl (C=O) groups is 4. The summed E-state index contributed by atoms with van der Waals surface area (Å²) in [5.41, 5.74) is 0.494. The van der Waals surface area contributed by atoms with Crippen molar-refractivity contribution in [3.63, 3.8) is 0 Å². The molecule has 53 heavy (non-hydrogen) atoms. The van der Waals surface area contributed by atoms with Crippen LogP contribution in [0.1, 0.15) is 91.5 Å². The number of carboxylic acid groups (broad SMARTS) is 1. The number of aliphatic carboxylic acids is 1. The van der Waals surface area contributed by atoms with Crippen LogP contribution in [0, 0.1) is 5.92 Å². The van der Waals surface area contributed by atoms with Crippen molar-refractivity contribution in [3.05, 3.63) is 53.6 Å². The van der Waals surface area contributed by atoms with E-state index in [1.807, 2.05) is 43.3 Å². The van der Waals surface area contributed by atoms with Crippen molar-refractivity contribution in [2.45, 2.75) is 115 Å². The molecule has 1 saturated carbocycles. The maximum atomic E-state index is 14.5. The third-order valence-electron chi connectivity index (χ3n) is 10.2. The molecule has 3 N–H and O–H groups in total. The molecular weight excluding hydrogens is 700 g/mol. The quantitative estimate of drug-likeness (QED) is 0.248. The highest BCUT2D eigenvalue weighted by Gasteiger charge is 2.62. The number of hydrogen-bond donors (Lipinski definition) is 3. The van der Waals surface area contributed by atoms with E-state index in [2.05, 4.69) is 10.6 Å². The standard InChI is InChI=1S/C39H49ClN6O7/c1-5-52-29-18-16-24(17-19-29)32-33(25-12-11-14-27(40)20-25)44-46(43-32)28-21-31-34(47)42-39(36(49)50)22-26(39)13-9-7-6-8-10-15-30(35(48)45(31)23-28)41-37(51)53-38(2,3)4/h11-12,14,16-20,26,28,30-31H,5-10,13,15,21-23H2,1-4H3,(H,41,51)(H,42,47)(H,49,50)/t26-,28+,30-,31+,39+/m1/s1. The summed E-state index contributed by atoms with van der Waals surface area (Å²) in [6.07, 6.45) is 5.00. The van der Waals surface area contributed by atoms with Crippen molar-refractivity contribution in [1.29, 1.82) is 0 Å². The van der Waals surface area contributed by atoms with E-state index < -0.39 is 53.1 Å². The van der Waals surface area contributed by atoms with E-state index in [0.717, 1.165) is 36.8 Å². The number of benzene rings is 2. The van der Waals surface area contributed by atoms with Crippen LogP contribution in [0.3, 0.4) is 0 Å². The molecular formula is C39H49ClN6O7. The van der Waals surface area contributed by atoms with Gasteiger partial charge in [0.1, 0.15) is 40.4 Å². The molecule has 6 rings (SSSR count). The number of nitrogens with one attached hydrogen (secondary N) is 2. The number of ether oxygens (including phenoxy) is 2. The molecule has 2 aromatic carbocycles. The van der Waals surface area contributed by atoms with Crippen molar-refractivity contribution < 1.29 is 33.8 Å². The first-order valence-electron chi connectivity index (χ1n) is 18.6. The number of rotatable bonds is 7. The molecule has 284 valence electrons. The zero-order valence-corrected chi connectivity index (χ0v) is 31.5.